The Kier molecular flexibility index (Phi) is 2.38. The quantitative estimate of drug-likeness (QED) is 0.558. The van der Waals surface area contributed by atoms with Gasteiger partial charge in [-0.2, -0.15) is 5.26 Å². The van der Waals surface area contributed by atoms with Gasteiger partial charge in [0.15, 0.2) is 5.65 Å². The summed E-state index contributed by atoms with van der Waals surface area (Å²) in [5.41, 5.74) is 4.38. The standard InChI is InChI=1S/C14H10N6O/c1-8-3-4-10-9(7-8)11-14(20(10)6-2-5-15)17-13-12(16-11)18-21-19-13/h3-4,7H,2,6H2,1H3. The highest BCUT2D eigenvalue weighted by molar-refractivity contribution is 6.06. The van der Waals surface area contributed by atoms with Crippen LogP contribution >= 0.6 is 0 Å². The van der Waals surface area contributed by atoms with Crippen molar-refractivity contribution in [2.75, 3.05) is 0 Å². The molecular formula is C14H10N6O. The molecule has 0 radical (unpaired) electrons. The van der Waals surface area contributed by atoms with Gasteiger partial charge >= 0.3 is 0 Å². The third-order valence-corrected chi connectivity index (χ3v) is 3.50. The monoisotopic (exact) mass is 278 g/mol. The van der Waals surface area contributed by atoms with Crippen LogP contribution in [0.3, 0.4) is 0 Å². The van der Waals surface area contributed by atoms with Crippen LogP contribution in [0, 0.1) is 18.3 Å². The highest BCUT2D eigenvalue weighted by Gasteiger charge is 2.16. The number of benzene rings is 1. The Labute approximate surface area is 118 Å². The number of rotatable bonds is 2. The molecule has 0 amide bonds. The Morgan fingerprint density at radius 2 is 2.05 bits per heavy atom. The first kappa shape index (κ1) is 11.8. The van der Waals surface area contributed by atoms with E-state index in [9.17, 15) is 0 Å². The molecule has 4 rings (SSSR count). The van der Waals surface area contributed by atoms with Crippen LogP contribution in [0.1, 0.15) is 12.0 Å². The lowest BCUT2D eigenvalue weighted by Crippen LogP contribution is -1.98. The highest BCUT2D eigenvalue weighted by Crippen LogP contribution is 2.28. The minimum absolute atomic E-state index is 0.375. The van der Waals surface area contributed by atoms with E-state index in [0.29, 0.717) is 29.9 Å². The SMILES string of the molecule is Cc1ccc2c(c1)c1nc3nonc3nc1n2CCC#N. The minimum atomic E-state index is 0.375. The van der Waals surface area contributed by atoms with Gasteiger partial charge < -0.3 is 4.57 Å². The van der Waals surface area contributed by atoms with Crippen LogP contribution in [0.25, 0.3) is 33.4 Å². The smallest absolute Gasteiger partial charge is 0.245 e. The summed E-state index contributed by atoms with van der Waals surface area (Å²) in [5, 5.41) is 17.3. The van der Waals surface area contributed by atoms with Gasteiger partial charge in [-0.3, -0.25) is 0 Å². The molecule has 7 nitrogen and oxygen atoms in total. The van der Waals surface area contributed by atoms with Gasteiger partial charge in [0.1, 0.15) is 5.52 Å². The number of nitrogens with zero attached hydrogens (tertiary/aromatic N) is 6. The molecule has 0 bridgehead atoms. The van der Waals surface area contributed by atoms with Crippen molar-refractivity contribution in [3.63, 3.8) is 0 Å². The average Bonchev–Trinajstić information content (AvgIpc) is 3.05. The second kappa shape index (κ2) is 4.24. The summed E-state index contributed by atoms with van der Waals surface area (Å²) in [6, 6.07) is 8.29. The molecule has 3 heterocycles. The molecule has 0 aliphatic rings. The van der Waals surface area contributed by atoms with Gasteiger partial charge in [-0.1, -0.05) is 11.6 Å². The first-order valence-electron chi connectivity index (χ1n) is 6.54. The van der Waals surface area contributed by atoms with Crippen LogP contribution in [-0.4, -0.2) is 24.8 Å². The first-order chi connectivity index (χ1) is 10.3. The second-order valence-corrected chi connectivity index (χ2v) is 4.89. The van der Waals surface area contributed by atoms with Crippen molar-refractivity contribution < 1.29 is 4.63 Å². The van der Waals surface area contributed by atoms with E-state index >= 15 is 0 Å². The molecule has 0 saturated heterocycles. The van der Waals surface area contributed by atoms with Gasteiger partial charge in [0.25, 0.3) is 0 Å². The predicted octanol–water partition coefficient (Wildman–Crippen LogP) is 2.34. The van der Waals surface area contributed by atoms with Crippen molar-refractivity contribution in [3.05, 3.63) is 23.8 Å². The molecule has 0 aliphatic carbocycles. The number of fused-ring (bicyclic) bond motifs is 4. The summed E-state index contributed by atoms with van der Waals surface area (Å²) >= 11 is 0. The number of hydrogen-bond acceptors (Lipinski definition) is 6. The molecule has 102 valence electrons. The molecule has 0 fully saturated rings. The Hall–Kier alpha value is -3.01. The summed E-state index contributed by atoms with van der Waals surface area (Å²) in [4.78, 5) is 8.98. The van der Waals surface area contributed by atoms with Gasteiger partial charge in [-0.05, 0) is 29.4 Å². The second-order valence-electron chi connectivity index (χ2n) is 4.89. The van der Waals surface area contributed by atoms with E-state index in [1.54, 1.807) is 0 Å². The molecular weight excluding hydrogens is 268 g/mol. The summed E-state index contributed by atoms with van der Waals surface area (Å²) in [6.45, 7) is 2.59. The summed E-state index contributed by atoms with van der Waals surface area (Å²) < 4.78 is 6.67. The van der Waals surface area contributed by atoms with Crippen LogP contribution in [0.15, 0.2) is 22.8 Å². The molecule has 21 heavy (non-hydrogen) atoms. The van der Waals surface area contributed by atoms with Crippen molar-refractivity contribution in [1.82, 2.24) is 24.8 Å². The van der Waals surface area contributed by atoms with E-state index in [-0.39, 0.29) is 0 Å². The van der Waals surface area contributed by atoms with Crippen molar-refractivity contribution in [2.24, 2.45) is 0 Å². The lowest BCUT2D eigenvalue weighted by Gasteiger charge is -2.02. The summed E-state index contributed by atoms with van der Waals surface area (Å²) in [5.74, 6) is 0. The van der Waals surface area contributed by atoms with E-state index in [0.717, 1.165) is 22.0 Å². The molecule has 4 aromatic rings. The molecule has 0 N–H and O–H groups in total. The van der Waals surface area contributed by atoms with Crippen molar-refractivity contribution >= 4 is 33.4 Å². The molecule has 7 heteroatoms. The van der Waals surface area contributed by atoms with Gasteiger partial charge in [0.05, 0.1) is 18.0 Å². The van der Waals surface area contributed by atoms with Crippen molar-refractivity contribution in [2.45, 2.75) is 19.9 Å². The van der Waals surface area contributed by atoms with Gasteiger partial charge in [-0.25, -0.2) is 14.6 Å². The molecule has 0 atom stereocenters. The molecule has 0 spiro atoms. The normalized spacial score (nSPS) is 11.4. The Morgan fingerprint density at radius 3 is 2.86 bits per heavy atom. The zero-order valence-corrected chi connectivity index (χ0v) is 11.2. The van der Waals surface area contributed by atoms with Gasteiger partial charge in [0, 0.05) is 11.9 Å². The fraction of sp³-hybridized carbons (Fsp3) is 0.214. The lowest BCUT2D eigenvalue weighted by molar-refractivity contribution is 0.314. The maximum atomic E-state index is 8.86. The average molecular weight is 278 g/mol. The third-order valence-electron chi connectivity index (χ3n) is 3.50. The fourth-order valence-corrected chi connectivity index (χ4v) is 2.58. The van der Waals surface area contributed by atoms with Crippen molar-refractivity contribution in [3.8, 4) is 6.07 Å². The lowest BCUT2D eigenvalue weighted by atomic mass is 10.2. The van der Waals surface area contributed by atoms with Crippen molar-refractivity contribution in [1.29, 1.82) is 5.26 Å². The summed E-state index contributed by atoms with van der Waals surface area (Å²) in [6.07, 6.45) is 0.406. The van der Waals surface area contributed by atoms with Crippen LogP contribution in [0.5, 0.6) is 0 Å². The zero-order chi connectivity index (χ0) is 14.4. The maximum absolute atomic E-state index is 8.86. The number of hydrogen-bond donors (Lipinski definition) is 0. The van der Waals surface area contributed by atoms with E-state index in [1.807, 2.05) is 23.6 Å². The van der Waals surface area contributed by atoms with Crippen LogP contribution < -0.4 is 0 Å². The molecule has 0 aliphatic heterocycles. The topological polar surface area (TPSA) is 93.4 Å². The maximum Gasteiger partial charge on any atom is 0.245 e. The molecule has 0 unspecified atom stereocenters. The molecule has 0 saturated carbocycles. The fourth-order valence-electron chi connectivity index (χ4n) is 2.58. The van der Waals surface area contributed by atoms with Crippen LogP contribution in [-0.2, 0) is 6.54 Å². The molecule has 1 aromatic carbocycles. The Morgan fingerprint density at radius 1 is 1.24 bits per heavy atom. The number of aromatic nitrogens is 5. The predicted molar refractivity (Wildman–Crippen MR) is 75.4 cm³/mol. The van der Waals surface area contributed by atoms with Gasteiger partial charge in [0.2, 0.25) is 11.3 Å². The summed E-state index contributed by atoms with van der Waals surface area (Å²) in [7, 11) is 0. The van der Waals surface area contributed by atoms with E-state index in [1.165, 1.54) is 0 Å². The van der Waals surface area contributed by atoms with Gasteiger partial charge in [-0.15, -0.1) is 0 Å². The van der Waals surface area contributed by atoms with Crippen LogP contribution in [0.4, 0.5) is 0 Å². The third kappa shape index (κ3) is 1.66. The van der Waals surface area contributed by atoms with E-state index < -0.39 is 0 Å². The highest BCUT2D eigenvalue weighted by atomic mass is 16.6. The Balaban J connectivity index is 2.16. The first-order valence-corrected chi connectivity index (χ1v) is 6.54. The number of aryl methyl sites for hydroxylation is 2. The molecule has 3 aromatic heterocycles. The van der Waals surface area contributed by atoms with E-state index in [2.05, 4.69) is 37.0 Å². The Bertz CT molecular complexity index is 1020. The largest absolute Gasteiger partial charge is 0.323 e. The minimum Gasteiger partial charge on any atom is -0.323 e. The van der Waals surface area contributed by atoms with Crippen LogP contribution in [0.2, 0.25) is 0 Å². The zero-order valence-electron chi connectivity index (χ0n) is 11.2. The van der Waals surface area contributed by atoms with E-state index in [4.69, 9.17) is 5.26 Å². The number of nitriles is 1.